The first-order valence-electron chi connectivity index (χ1n) is 15.2. The fraction of sp³-hybridized carbons (Fsp3) is 0.517. The maximum Gasteiger partial charge on any atom is 0.407 e. The fourth-order valence-corrected chi connectivity index (χ4v) is 5.53. The Bertz CT molecular complexity index is 1490. The molecule has 0 saturated carbocycles. The molecule has 21 heteroatoms. The molecule has 1 fully saturated rings. The van der Waals surface area contributed by atoms with E-state index in [4.69, 9.17) is 14.5 Å². The Labute approximate surface area is 292 Å². The average Bonchev–Trinajstić information content (AvgIpc) is 3.30. The van der Waals surface area contributed by atoms with Gasteiger partial charge in [0.25, 0.3) is 0 Å². The summed E-state index contributed by atoms with van der Waals surface area (Å²) in [5.74, 6) is -4.07. The molecule has 1 aromatic carbocycles. The van der Waals surface area contributed by atoms with Crippen LogP contribution >= 0.6 is 19.4 Å². The number of hydrogen-bond acceptors (Lipinski definition) is 11. The molecule has 3 atom stereocenters. The largest absolute Gasteiger partial charge is 0.445 e. The number of carbonyl (C=O) groups excluding carboxylic acids is 8. The van der Waals surface area contributed by atoms with E-state index in [0.717, 1.165) is 9.80 Å². The molecule has 7 N–H and O–H groups in total. The van der Waals surface area contributed by atoms with Gasteiger partial charge in [0.05, 0.1) is 5.25 Å². The zero-order chi connectivity index (χ0) is 37.6. The highest BCUT2D eigenvalue weighted by atomic mass is 32.2. The van der Waals surface area contributed by atoms with Crippen molar-refractivity contribution in [3.05, 3.63) is 29.8 Å². The second-order valence-electron chi connectivity index (χ2n) is 11.1. The van der Waals surface area contributed by atoms with Crippen molar-refractivity contribution in [3.63, 3.8) is 0 Å². The summed E-state index contributed by atoms with van der Waals surface area (Å²) in [5, 5.41) is 11.9. The van der Waals surface area contributed by atoms with E-state index >= 15 is 0 Å². The molecule has 1 aliphatic heterocycles. The lowest BCUT2D eigenvalue weighted by Gasteiger charge is -2.23. The molecule has 0 spiro atoms. The normalized spacial score (nSPS) is 15.4. The lowest BCUT2D eigenvalue weighted by atomic mass is 10.2. The number of alkyl carbamates (subject to hydrolysis) is 1. The molecule has 3 unspecified atom stereocenters. The Kier molecular flexibility index (Phi) is 16.3. The Morgan fingerprint density at radius 2 is 1.58 bits per heavy atom. The van der Waals surface area contributed by atoms with E-state index in [1.165, 1.54) is 44.7 Å². The standard InChI is InChI=1S/C29H42N7O12PS/c1-17(32-23(38)14-36-24(39)13-22(50-4)28(36)43)26(41)33-18(2)27(42)34-21-7-5-20(6-8-21)15-48-29(44)31-10-12-35(11-9-30-19(3)37)25(40)16-49(45,46)47/h5-8,17-18,22H,9-16H2,1-4H3,(H,30,37)(H,31,44)(H,32,38)(H,33,41)(H,34,42)(H2,45,46,47). The third kappa shape index (κ3) is 14.5. The third-order valence-corrected chi connectivity index (χ3v) is 8.62. The smallest absolute Gasteiger partial charge is 0.407 e. The number of nitrogens with one attached hydrogen (secondary N) is 5. The Morgan fingerprint density at radius 3 is 2.14 bits per heavy atom. The summed E-state index contributed by atoms with van der Waals surface area (Å²) in [5.41, 5.74) is 0.924. The number of imide groups is 1. The van der Waals surface area contributed by atoms with Crippen LogP contribution in [0.5, 0.6) is 0 Å². The highest BCUT2D eigenvalue weighted by Crippen LogP contribution is 2.34. The number of benzene rings is 1. The van der Waals surface area contributed by atoms with Gasteiger partial charge in [0.2, 0.25) is 41.4 Å². The van der Waals surface area contributed by atoms with Gasteiger partial charge in [0, 0.05) is 45.2 Å². The molecule has 19 nitrogen and oxygen atoms in total. The first kappa shape index (κ1) is 41.7. The van der Waals surface area contributed by atoms with Crippen molar-refractivity contribution in [1.82, 2.24) is 31.1 Å². The number of thioether (sulfide) groups is 1. The van der Waals surface area contributed by atoms with Gasteiger partial charge in [-0.05, 0) is 37.8 Å². The molecule has 1 aromatic rings. The molecule has 0 aliphatic carbocycles. The summed E-state index contributed by atoms with van der Waals surface area (Å²) in [7, 11) is -4.62. The molecule has 1 heterocycles. The van der Waals surface area contributed by atoms with Gasteiger partial charge in [0.1, 0.15) is 31.4 Å². The Balaban J connectivity index is 1.76. The highest BCUT2D eigenvalue weighted by Gasteiger charge is 2.39. The molecule has 50 heavy (non-hydrogen) atoms. The number of rotatable bonds is 18. The van der Waals surface area contributed by atoms with Gasteiger partial charge < -0.3 is 46.0 Å². The van der Waals surface area contributed by atoms with Gasteiger partial charge in [-0.25, -0.2) is 4.79 Å². The number of ether oxygens (including phenoxy) is 1. The minimum Gasteiger partial charge on any atom is -0.445 e. The summed E-state index contributed by atoms with van der Waals surface area (Å²) >= 11 is 1.22. The van der Waals surface area contributed by atoms with Crippen molar-refractivity contribution in [2.75, 3.05) is 50.5 Å². The second kappa shape index (κ2) is 19.6. The lowest BCUT2D eigenvalue weighted by Crippen LogP contribution is -2.52. The predicted octanol–water partition coefficient (Wildman–Crippen LogP) is -1.51. The van der Waals surface area contributed by atoms with Crippen molar-refractivity contribution in [1.29, 1.82) is 0 Å². The minimum atomic E-state index is -4.62. The average molecular weight is 744 g/mol. The molecule has 2 rings (SSSR count). The van der Waals surface area contributed by atoms with Crippen molar-refractivity contribution in [3.8, 4) is 0 Å². The maximum atomic E-state index is 12.6. The molecule has 1 aliphatic rings. The van der Waals surface area contributed by atoms with Crippen LogP contribution in [0.3, 0.4) is 0 Å². The quantitative estimate of drug-likeness (QED) is 0.0667. The summed E-state index contributed by atoms with van der Waals surface area (Å²) in [6, 6.07) is 4.15. The topological polar surface area (TPSA) is 270 Å². The highest BCUT2D eigenvalue weighted by molar-refractivity contribution is 8.00. The van der Waals surface area contributed by atoms with Crippen LogP contribution in [-0.4, -0.2) is 130 Å². The Hall–Kier alpha value is -4.52. The SMILES string of the molecule is CSC1CC(=O)N(CC(=O)NC(C)C(=O)NC(C)C(=O)Nc2ccc(COC(=O)NCCN(CCNC(C)=O)C(=O)CP(=O)(O)O)cc2)C1=O. The molecular formula is C29H42N7O12PS. The molecular weight excluding hydrogens is 701 g/mol. The van der Waals surface area contributed by atoms with E-state index in [-0.39, 0.29) is 45.1 Å². The van der Waals surface area contributed by atoms with Crippen molar-refractivity contribution < 1.29 is 57.4 Å². The van der Waals surface area contributed by atoms with E-state index < -0.39 is 79.2 Å². The van der Waals surface area contributed by atoms with Crippen LogP contribution in [0.15, 0.2) is 24.3 Å². The van der Waals surface area contributed by atoms with Crippen molar-refractivity contribution in [2.24, 2.45) is 0 Å². The van der Waals surface area contributed by atoms with Gasteiger partial charge in [-0.15, -0.1) is 0 Å². The van der Waals surface area contributed by atoms with Gasteiger partial charge in [0.15, 0.2) is 0 Å². The van der Waals surface area contributed by atoms with Gasteiger partial charge >= 0.3 is 13.7 Å². The lowest BCUT2D eigenvalue weighted by molar-refractivity contribution is -0.142. The molecule has 0 aromatic heterocycles. The number of likely N-dealkylation sites (tertiary alicyclic amines) is 1. The number of hydrogen-bond donors (Lipinski definition) is 7. The summed E-state index contributed by atoms with van der Waals surface area (Å²) < 4.78 is 16.4. The molecule has 0 radical (unpaired) electrons. The number of nitrogens with zero attached hydrogens (tertiary/aromatic N) is 2. The van der Waals surface area contributed by atoms with E-state index in [0.29, 0.717) is 11.3 Å². The van der Waals surface area contributed by atoms with Crippen LogP contribution in [0.4, 0.5) is 10.5 Å². The van der Waals surface area contributed by atoms with Gasteiger partial charge in [-0.1, -0.05) is 12.1 Å². The van der Waals surface area contributed by atoms with E-state index in [2.05, 4.69) is 26.6 Å². The predicted molar refractivity (Wildman–Crippen MR) is 179 cm³/mol. The van der Waals surface area contributed by atoms with Crippen LogP contribution in [0.25, 0.3) is 0 Å². The summed E-state index contributed by atoms with van der Waals surface area (Å²) in [6.45, 7) is 3.23. The van der Waals surface area contributed by atoms with Gasteiger partial charge in [-0.2, -0.15) is 11.8 Å². The zero-order valence-electron chi connectivity index (χ0n) is 27.9. The first-order chi connectivity index (χ1) is 23.4. The molecule has 8 amide bonds. The summed E-state index contributed by atoms with van der Waals surface area (Å²) in [6.07, 6.45) is -0.153. The maximum absolute atomic E-state index is 12.6. The van der Waals surface area contributed by atoms with Crippen LogP contribution < -0.4 is 26.6 Å². The van der Waals surface area contributed by atoms with Crippen LogP contribution in [0.1, 0.15) is 32.8 Å². The second-order valence-corrected chi connectivity index (χ2v) is 13.8. The van der Waals surface area contributed by atoms with E-state index in [1.54, 1.807) is 18.4 Å². The summed E-state index contributed by atoms with van der Waals surface area (Å²) in [4.78, 5) is 117. The molecule has 0 bridgehead atoms. The van der Waals surface area contributed by atoms with Crippen LogP contribution in [-0.2, 0) is 49.5 Å². The fourth-order valence-electron chi connectivity index (χ4n) is 4.34. The van der Waals surface area contributed by atoms with Crippen molar-refractivity contribution >= 4 is 72.5 Å². The first-order valence-corrected chi connectivity index (χ1v) is 18.3. The van der Waals surface area contributed by atoms with E-state index in [9.17, 15) is 42.9 Å². The van der Waals surface area contributed by atoms with Crippen LogP contribution in [0.2, 0.25) is 0 Å². The molecule has 1 saturated heterocycles. The molecule has 276 valence electrons. The third-order valence-electron chi connectivity index (χ3n) is 7.00. The van der Waals surface area contributed by atoms with Crippen molar-refractivity contribution in [2.45, 2.75) is 51.1 Å². The zero-order valence-corrected chi connectivity index (χ0v) is 29.6. The minimum absolute atomic E-state index is 0.00698. The Morgan fingerprint density at radius 1 is 0.980 bits per heavy atom. The number of carbonyl (C=O) groups is 8. The monoisotopic (exact) mass is 743 g/mol. The number of anilines is 1. The van der Waals surface area contributed by atoms with Gasteiger partial charge in [-0.3, -0.25) is 43.0 Å². The number of amides is 8. The van der Waals surface area contributed by atoms with Crippen LogP contribution in [0, 0.1) is 0 Å². The van der Waals surface area contributed by atoms with E-state index in [1.807, 2.05) is 0 Å².